The molecule has 92 valence electrons. The highest BCUT2D eigenvalue weighted by atomic mass is 28.3. The van der Waals surface area contributed by atoms with Crippen molar-refractivity contribution < 1.29 is 0 Å². The van der Waals surface area contributed by atoms with E-state index in [1.165, 1.54) is 30.6 Å². The van der Waals surface area contributed by atoms with Gasteiger partial charge in [-0.25, -0.2) is 0 Å². The Labute approximate surface area is 99.9 Å². The first kappa shape index (κ1) is 15.4. The molecule has 0 saturated heterocycles. The van der Waals surface area contributed by atoms with Crippen LogP contribution in [-0.2, 0) is 0 Å². The van der Waals surface area contributed by atoms with Gasteiger partial charge in [-0.15, -0.1) is 0 Å². The third kappa shape index (κ3) is 5.34. The Hall–Kier alpha value is 0.434. The molecule has 0 heterocycles. The highest BCUT2D eigenvalue weighted by Crippen LogP contribution is 2.28. The summed E-state index contributed by atoms with van der Waals surface area (Å²) in [6.07, 6.45) is 1.54. The van der Waals surface area contributed by atoms with E-state index in [0.29, 0.717) is 0 Å². The van der Waals surface area contributed by atoms with Gasteiger partial charge in [0.1, 0.15) is 0 Å². The normalized spacial score (nSPS) is 13.2. The van der Waals surface area contributed by atoms with Crippen molar-refractivity contribution >= 4 is 16.1 Å². The van der Waals surface area contributed by atoms with Crippen molar-refractivity contribution in [3.05, 3.63) is 0 Å². The van der Waals surface area contributed by atoms with Crippen LogP contribution in [0.5, 0.6) is 0 Å². The van der Waals surface area contributed by atoms with Gasteiger partial charge in [0.15, 0.2) is 0 Å². The molecule has 0 rings (SSSR count). The van der Waals surface area contributed by atoms with E-state index in [9.17, 15) is 0 Å². The maximum atomic E-state index is 2.60. The van der Waals surface area contributed by atoms with E-state index in [0.717, 1.165) is 0 Å². The molecule has 0 nitrogen and oxygen atoms in total. The molecule has 0 amide bonds. The molecular formula is C13H32Si2. The van der Waals surface area contributed by atoms with Gasteiger partial charge in [-0.3, -0.25) is 0 Å². The molecule has 0 aliphatic rings. The van der Waals surface area contributed by atoms with Crippen LogP contribution >= 0.6 is 0 Å². The van der Waals surface area contributed by atoms with Crippen LogP contribution in [0.25, 0.3) is 0 Å². The van der Waals surface area contributed by atoms with Gasteiger partial charge in [-0.1, -0.05) is 83.5 Å². The van der Waals surface area contributed by atoms with Crippen molar-refractivity contribution in [3.63, 3.8) is 0 Å². The topological polar surface area (TPSA) is 0 Å². The standard InChI is InChI=1S/C13H32Si2/c1-7-14(5,8-2)12-11-13-15(6,9-3)10-4/h7-13H2,1-6H3. The van der Waals surface area contributed by atoms with Gasteiger partial charge < -0.3 is 0 Å². The Morgan fingerprint density at radius 3 is 1.07 bits per heavy atom. The average Bonchev–Trinajstić information content (AvgIpc) is 2.28. The van der Waals surface area contributed by atoms with Gasteiger partial charge in [0.25, 0.3) is 0 Å². The number of rotatable bonds is 8. The first-order chi connectivity index (χ1) is 6.95. The second-order valence-corrected chi connectivity index (χ2v) is 17.0. The molecule has 0 atom stereocenters. The lowest BCUT2D eigenvalue weighted by atomic mass is 10.6. The molecule has 0 fully saturated rings. The predicted octanol–water partition coefficient (Wildman–Crippen LogP) is 5.61. The molecule has 0 unspecified atom stereocenters. The van der Waals surface area contributed by atoms with Crippen molar-refractivity contribution in [2.75, 3.05) is 0 Å². The maximum Gasteiger partial charge on any atom is 0.0499 e. The largest absolute Gasteiger partial charge is 0.0692 e. The third-order valence-corrected chi connectivity index (χ3v) is 14.9. The van der Waals surface area contributed by atoms with Crippen LogP contribution in [-0.4, -0.2) is 16.1 Å². The minimum Gasteiger partial charge on any atom is -0.0692 e. The Bertz CT molecular complexity index is 140. The highest BCUT2D eigenvalue weighted by Gasteiger charge is 2.26. The van der Waals surface area contributed by atoms with Gasteiger partial charge in [0, 0.05) is 16.1 Å². The minimum atomic E-state index is -0.800. The van der Waals surface area contributed by atoms with Crippen molar-refractivity contribution in [1.82, 2.24) is 0 Å². The number of hydrogen-bond donors (Lipinski definition) is 0. The Morgan fingerprint density at radius 1 is 0.600 bits per heavy atom. The van der Waals surface area contributed by atoms with E-state index in [4.69, 9.17) is 0 Å². The van der Waals surface area contributed by atoms with Crippen LogP contribution in [0.15, 0.2) is 0 Å². The van der Waals surface area contributed by atoms with E-state index in [1.807, 2.05) is 0 Å². The Morgan fingerprint density at radius 2 is 0.867 bits per heavy atom. The Balaban J connectivity index is 3.96. The average molecular weight is 245 g/mol. The van der Waals surface area contributed by atoms with Crippen LogP contribution in [0.3, 0.4) is 0 Å². The fraction of sp³-hybridized carbons (Fsp3) is 1.00. The quantitative estimate of drug-likeness (QED) is 0.487. The molecule has 0 aromatic rings. The van der Waals surface area contributed by atoms with Crippen LogP contribution in [0.4, 0.5) is 0 Å². The lowest BCUT2D eigenvalue weighted by Crippen LogP contribution is -2.31. The minimum absolute atomic E-state index is 0.800. The summed E-state index contributed by atoms with van der Waals surface area (Å²) in [6.45, 7) is 14.8. The summed E-state index contributed by atoms with van der Waals surface area (Å²) >= 11 is 0. The summed E-state index contributed by atoms with van der Waals surface area (Å²) < 4.78 is 0. The van der Waals surface area contributed by atoms with Crippen LogP contribution in [0, 0.1) is 0 Å². The predicted molar refractivity (Wildman–Crippen MR) is 79.4 cm³/mol. The second kappa shape index (κ2) is 6.90. The maximum absolute atomic E-state index is 2.60. The highest BCUT2D eigenvalue weighted by molar-refractivity contribution is 6.80. The second-order valence-electron chi connectivity index (χ2n) is 5.89. The smallest absolute Gasteiger partial charge is 0.0499 e. The fourth-order valence-corrected chi connectivity index (χ4v) is 6.98. The van der Waals surface area contributed by atoms with Gasteiger partial charge in [0.05, 0.1) is 0 Å². The lowest BCUT2D eigenvalue weighted by Gasteiger charge is -2.28. The first-order valence-electron chi connectivity index (χ1n) is 6.95. The van der Waals surface area contributed by atoms with Crippen molar-refractivity contribution in [3.8, 4) is 0 Å². The zero-order valence-electron chi connectivity index (χ0n) is 11.9. The van der Waals surface area contributed by atoms with Gasteiger partial charge in [0.2, 0.25) is 0 Å². The van der Waals surface area contributed by atoms with E-state index >= 15 is 0 Å². The van der Waals surface area contributed by atoms with Crippen molar-refractivity contribution in [2.45, 2.75) is 83.5 Å². The van der Waals surface area contributed by atoms with Crippen molar-refractivity contribution in [2.24, 2.45) is 0 Å². The molecule has 0 saturated carbocycles. The van der Waals surface area contributed by atoms with E-state index in [-0.39, 0.29) is 0 Å². The molecule has 0 spiro atoms. The van der Waals surface area contributed by atoms with E-state index < -0.39 is 16.1 Å². The molecule has 0 aromatic carbocycles. The van der Waals surface area contributed by atoms with Gasteiger partial charge in [-0.05, 0) is 0 Å². The molecule has 0 aliphatic heterocycles. The first-order valence-corrected chi connectivity index (χ1v) is 13.2. The van der Waals surface area contributed by atoms with Crippen LogP contribution in [0.1, 0.15) is 34.1 Å². The molecule has 0 radical (unpaired) electrons. The fourth-order valence-electron chi connectivity index (χ4n) is 2.15. The van der Waals surface area contributed by atoms with Crippen LogP contribution in [0.2, 0.25) is 49.4 Å². The molecule has 2 heteroatoms. The zero-order valence-corrected chi connectivity index (χ0v) is 13.9. The van der Waals surface area contributed by atoms with Gasteiger partial charge >= 0.3 is 0 Å². The zero-order chi connectivity index (χ0) is 11.9. The molecule has 15 heavy (non-hydrogen) atoms. The van der Waals surface area contributed by atoms with Crippen LogP contribution < -0.4 is 0 Å². The summed E-state index contributed by atoms with van der Waals surface area (Å²) in [7, 11) is -1.60. The third-order valence-electron chi connectivity index (χ3n) is 4.97. The molecule has 0 N–H and O–H groups in total. The molecule has 0 aliphatic carbocycles. The lowest BCUT2D eigenvalue weighted by molar-refractivity contribution is 0.967. The van der Waals surface area contributed by atoms with E-state index in [1.54, 1.807) is 12.1 Å². The molecular weight excluding hydrogens is 212 g/mol. The summed E-state index contributed by atoms with van der Waals surface area (Å²) in [6, 6.07) is 9.12. The Kier molecular flexibility index (Phi) is 7.10. The number of hydrogen-bond acceptors (Lipinski definition) is 0. The summed E-state index contributed by atoms with van der Waals surface area (Å²) in [5.41, 5.74) is 0. The summed E-state index contributed by atoms with van der Waals surface area (Å²) in [5.74, 6) is 0. The summed E-state index contributed by atoms with van der Waals surface area (Å²) in [4.78, 5) is 0. The van der Waals surface area contributed by atoms with Crippen molar-refractivity contribution in [1.29, 1.82) is 0 Å². The van der Waals surface area contributed by atoms with Gasteiger partial charge in [-0.2, -0.15) is 0 Å². The molecule has 0 bridgehead atoms. The SMILES string of the molecule is CC[Si](C)(CC)CCC[Si](C)(CC)CC. The van der Waals surface area contributed by atoms with E-state index in [2.05, 4.69) is 40.8 Å². The molecule has 0 aromatic heterocycles. The summed E-state index contributed by atoms with van der Waals surface area (Å²) in [5, 5.41) is 0. The monoisotopic (exact) mass is 244 g/mol.